The summed E-state index contributed by atoms with van der Waals surface area (Å²) in [5.74, 6) is -1.92. The molecule has 0 fully saturated rings. The van der Waals surface area contributed by atoms with Crippen molar-refractivity contribution in [3.63, 3.8) is 0 Å². The van der Waals surface area contributed by atoms with Gasteiger partial charge in [-0.1, -0.05) is 30.3 Å². The molecule has 9 heteroatoms. The van der Waals surface area contributed by atoms with Crippen LogP contribution in [0.1, 0.15) is 27.3 Å². The Morgan fingerprint density at radius 2 is 1.67 bits per heavy atom. The molecule has 3 rings (SSSR count). The van der Waals surface area contributed by atoms with Crippen molar-refractivity contribution in [3.05, 3.63) is 77.1 Å². The summed E-state index contributed by atoms with van der Waals surface area (Å²) < 4.78 is 45.5. The van der Waals surface area contributed by atoms with E-state index in [4.69, 9.17) is 4.74 Å². The molecule has 1 heterocycles. The Hall–Kier alpha value is -3.62. The largest absolute Gasteiger partial charge is 0.452 e. The van der Waals surface area contributed by atoms with Crippen molar-refractivity contribution in [2.45, 2.75) is 20.0 Å². The van der Waals surface area contributed by atoms with E-state index in [1.165, 1.54) is 12.1 Å². The van der Waals surface area contributed by atoms with Crippen molar-refractivity contribution in [1.29, 1.82) is 0 Å². The van der Waals surface area contributed by atoms with Crippen LogP contribution in [0, 0.1) is 13.8 Å². The Morgan fingerprint density at radius 1 is 1.03 bits per heavy atom. The van der Waals surface area contributed by atoms with Crippen LogP contribution in [0.4, 0.5) is 18.9 Å². The summed E-state index contributed by atoms with van der Waals surface area (Å²) in [5, 5.41) is 6.98. The summed E-state index contributed by atoms with van der Waals surface area (Å²) in [5.41, 5.74) is 0.664. The van der Waals surface area contributed by atoms with Gasteiger partial charge in [0.15, 0.2) is 6.61 Å². The lowest BCUT2D eigenvalue weighted by Gasteiger charge is -2.12. The topological polar surface area (TPSA) is 73.2 Å². The highest BCUT2D eigenvalue weighted by Crippen LogP contribution is 2.32. The number of hydrogen-bond acceptors (Lipinski definition) is 4. The predicted octanol–water partition coefficient (Wildman–Crippen LogP) is 4.30. The maximum Gasteiger partial charge on any atom is 0.417 e. The molecule has 1 amide bonds. The molecule has 0 aliphatic carbocycles. The summed E-state index contributed by atoms with van der Waals surface area (Å²) in [4.78, 5) is 24.3. The van der Waals surface area contributed by atoms with Gasteiger partial charge in [-0.25, -0.2) is 9.48 Å². The van der Waals surface area contributed by atoms with E-state index in [2.05, 4.69) is 10.4 Å². The highest BCUT2D eigenvalue weighted by Gasteiger charge is 2.35. The van der Waals surface area contributed by atoms with Gasteiger partial charge in [0.1, 0.15) is 0 Å². The lowest BCUT2D eigenvalue weighted by molar-refractivity contribution is -0.138. The number of carbonyl (C=O) groups is 2. The SMILES string of the molecule is Cc1nn(-c2ccccc2)c(C)c1NC(=O)COC(=O)c1ccccc1C(F)(F)F. The fourth-order valence-electron chi connectivity index (χ4n) is 2.94. The Labute approximate surface area is 170 Å². The molecule has 30 heavy (non-hydrogen) atoms. The number of rotatable bonds is 5. The maximum atomic E-state index is 13.0. The van der Waals surface area contributed by atoms with Crippen molar-refractivity contribution in [1.82, 2.24) is 9.78 Å². The number of aryl methyl sites for hydroxylation is 1. The first-order chi connectivity index (χ1) is 14.2. The molecule has 0 unspecified atom stereocenters. The number of ether oxygens (including phenoxy) is 1. The van der Waals surface area contributed by atoms with Gasteiger partial charge in [0, 0.05) is 0 Å². The highest BCUT2D eigenvalue weighted by molar-refractivity contribution is 5.96. The number of aromatic nitrogens is 2. The summed E-state index contributed by atoms with van der Waals surface area (Å²) >= 11 is 0. The van der Waals surface area contributed by atoms with Crippen LogP contribution >= 0.6 is 0 Å². The molecule has 3 aromatic rings. The number of anilines is 1. The second-order valence-electron chi connectivity index (χ2n) is 6.46. The number of nitrogens with one attached hydrogen (secondary N) is 1. The second-order valence-corrected chi connectivity index (χ2v) is 6.46. The Balaban J connectivity index is 1.69. The molecule has 0 aliphatic rings. The third-order valence-electron chi connectivity index (χ3n) is 4.34. The van der Waals surface area contributed by atoms with Crippen LogP contribution in [0.2, 0.25) is 0 Å². The Bertz CT molecular complexity index is 1080. The smallest absolute Gasteiger partial charge is 0.417 e. The summed E-state index contributed by atoms with van der Waals surface area (Å²) in [6.45, 7) is 2.72. The van der Waals surface area contributed by atoms with E-state index < -0.39 is 35.8 Å². The van der Waals surface area contributed by atoms with Gasteiger partial charge in [-0.3, -0.25) is 4.79 Å². The fourth-order valence-corrected chi connectivity index (χ4v) is 2.94. The van der Waals surface area contributed by atoms with E-state index in [0.29, 0.717) is 17.1 Å². The van der Waals surface area contributed by atoms with E-state index >= 15 is 0 Å². The number of alkyl halides is 3. The molecular weight excluding hydrogens is 399 g/mol. The van der Waals surface area contributed by atoms with Crippen molar-refractivity contribution in [2.75, 3.05) is 11.9 Å². The van der Waals surface area contributed by atoms with Gasteiger partial charge in [0.05, 0.1) is 33.9 Å². The molecule has 156 valence electrons. The van der Waals surface area contributed by atoms with E-state index in [1.54, 1.807) is 18.5 Å². The molecule has 0 spiro atoms. The number of hydrogen-bond donors (Lipinski definition) is 1. The van der Waals surface area contributed by atoms with Crippen LogP contribution in [0.3, 0.4) is 0 Å². The monoisotopic (exact) mass is 417 g/mol. The maximum absolute atomic E-state index is 13.0. The average Bonchev–Trinajstić information content (AvgIpc) is 3.00. The van der Waals surface area contributed by atoms with Crippen LogP contribution in [-0.4, -0.2) is 28.3 Å². The molecule has 0 bridgehead atoms. The number of halogens is 3. The molecule has 0 aliphatic heterocycles. The molecule has 0 radical (unpaired) electrons. The van der Waals surface area contributed by atoms with Crippen molar-refractivity contribution >= 4 is 17.6 Å². The van der Waals surface area contributed by atoms with E-state index in [1.807, 2.05) is 30.3 Å². The quantitative estimate of drug-likeness (QED) is 0.628. The Morgan fingerprint density at radius 3 is 2.33 bits per heavy atom. The zero-order chi connectivity index (χ0) is 21.9. The molecule has 1 aromatic heterocycles. The van der Waals surface area contributed by atoms with E-state index in [9.17, 15) is 22.8 Å². The van der Waals surface area contributed by atoms with Gasteiger partial charge in [-0.15, -0.1) is 0 Å². The fraction of sp³-hybridized carbons (Fsp3) is 0.190. The molecule has 6 nitrogen and oxygen atoms in total. The first-order valence-electron chi connectivity index (χ1n) is 8.93. The highest BCUT2D eigenvalue weighted by atomic mass is 19.4. The lowest BCUT2D eigenvalue weighted by Crippen LogP contribution is -2.23. The third-order valence-corrected chi connectivity index (χ3v) is 4.34. The van der Waals surface area contributed by atoms with Crippen molar-refractivity contribution in [2.24, 2.45) is 0 Å². The minimum Gasteiger partial charge on any atom is -0.452 e. The van der Waals surface area contributed by atoms with E-state index in [0.717, 1.165) is 17.8 Å². The number of amides is 1. The van der Waals surface area contributed by atoms with Crippen LogP contribution in [0.25, 0.3) is 5.69 Å². The molecule has 0 atom stereocenters. The summed E-state index contributed by atoms with van der Waals surface area (Å²) in [6, 6.07) is 13.5. The number of carbonyl (C=O) groups excluding carboxylic acids is 2. The standard InChI is InChI=1S/C21H18F3N3O3/c1-13-19(14(2)27(26-13)15-8-4-3-5-9-15)25-18(28)12-30-20(29)16-10-6-7-11-17(16)21(22,23)24/h3-11H,12H2,1-2H3,(H,25,28). The van der Waals surface area contributed by atoms with Crippen molar-refractivity contribution in [3.8, 4) is 5.69 Å². The third kappa shape index (κ3) is 4.51. The normalized spacial score (nSPS) is 11.2. The lowest BCUT2D eigenvalue weighted by atomic mass is 10.1. The summed E-state index contributed by atoms with van der Waals surface area (Å²) in [6.07, 6.45) is -4.71. The second kappa shape index (κ2) is 8.40. The zero-order valence-corrected chi connectivity index (χ0v) is 16.2. The van der Waals surface area contributed by atoms with Crippen LogP contribution in [-0.2, 0) is 15.7 Å². The van der Waals surface area contributed by atoms with Crippen LogP contribution in [0.15, 0.2) is 54.6 Å². The van der Waals surface area contributed by atoms with Gasteiger partial charge in [-0.05, 0) is 38.1 Å². The number of benzene rings is 2. The van der Waals surface area contributed by atoms with Crippen LogP contribution in [0.5, 0.6) is 0 Å². The predicted molar refractivity (Wildman–Crippen MR) is 103 cm³/mol. The van der Waals surface area contributed by atoms with Crippen molar-refractivity contribution < 1.29 is 27.5 Å². The number of esters is 1. The average molecular weight is 417 g/mol. The van der Waals surface area contributed by atoms with E-state index in [-0.39, 0.29) is 0 Å². The molecular formula is C21H18F3N3O3. The number of para-hydroxylation sites is 1. The van der Waals surface area contributed by atoms with Gasteiger partial charge in [0.2, 0.25) is 0 Å². The molecule has 0 saturated carbocycles. The number of nitrogens with zero attached hydrogens (tertiary/aromatic N) is 2. The van der Waals surface area contributed by atoms with Gasteiger partial charge >= 0.3 is 12.1 Å². The molecule has 0 saturated heterocycles. The first-order valence-corrected chi connectivity index (χ1v) is 8.93. The molecule has 1 N–H and O–H groups in total. The van der Waals surface area contributed by atoms with Crippen LogP contribution < -0.4 is 5.32 Å². The first kappa shape index (κ1) is 21.1. The van der Waals surface area contributed by atoms with Gasteiger partial charge < -0.3 is 10.1 Å². The molecule has 2 aromatic carbocycles. The minimum absolute atomic E-state index is 0.440. The summed E-state index contributed by atoms with van der Waals surface area (Å²) in [7, 11) is 0. The van der Waals surface area contributed by atoms with Gasteiger partial charge in [0.25, 0.3) is 5.91 Å². The van der Waals surface area contributed by atoms with Gasteiger partial charge in [-0.2, -0.15) is 18.3 Å². The minimum atomic E-state index is -4.71. The Kier molecular flexibility index (Phi) is 5.91. The zero-order valence-electron chi connectivity index (χ0n) is 16.2.